The number of amides is 4. The molecule has 1 heterocycles. The summed E-state index contributed by atoms with van der Waals surface area (Å²) >= 11 is 0. The smallest absolute Gasteiger partial charge is 0.339 e. The number of benzene rings is 2. The molecule has 11 nitrogen and oxygen atoms in total. The zero-order chi connectivity index (χ0) is 25.9. The van der Waals surface area contributed by atoms with E-state index in [2.05, 4.69) is 10.6 Å². The van der Waals surface area contributed by atoms with E-state index in [4.69, 9.17) is 18.9 Å². The maximum absolute atomic E-state index is 13.0. The van der Waals surface area contributed by atoms with Gasteiger partial charge < -0.3 is 29.2 Å². The standard InChI is InChI=1S/C25H29N3O8/c1-3-34-20-15-18(9-10-19(20)35-16-21(29)28-11-13-33-14-12-28)24(31)36-22(17-7-5-4-6-8-17)23(30)27-25(32)26-2/h4-10,15,22H,3,11-14,16H2,1-2H3,(H2,26,27,30,32)/t22-/m1/s1. The highest BCUT2D eigenvalue weighted by atomic mass is 16.5. The fourth-order valence-corrected chi connectivity index (χ4v) is 3.38. The Hall–Kier alpha value is -4.12. The number of urea groups is 1. The van der Waals surface area contributed by atoms with E-state index in [1.165, 1.54) is 25.2 Å². The molecule has 0 saturated carbocycles. The fourth-order valence-electron chi connectivity index (χ4n) is 3.38. The summed E-state index contributed by atoms with van der Waals surface area (Å²) in [6.07, 6.45) is -1.37. The van der Waals surface area contributed by atoms with Gasteiger partial charge >= 0.3 is 12.0 Å². The number of esters is 1. The number of morpholine rings is 1. The number of hydrogen-bond donors (Lipinski definition) is 2. The number of carbonyl (C=O) groups excluding carboxylic acids is 4. The Morgan fingerprint density at radius 1 is 1.00 bits per heavy atom. The summed E-state index contributed by atoms with van der Waals surface area (Å²) in [5, 5.41) is 4.41. The van der Waals surface area contributed by atoms with Crippen molar-refractivity contribution in [3.05, 3.63) is 59.7 Å². The highest BCUT2D eigenvalue weighted by molar-refractivity contribution is 5.99. The molecule has 36 heavy (non-hydrogen) atoms. The van der Waals surface area contributed by atoms with Crippen LogP contribution in [0.5, 0.6) is 11.5 Å². The lowest BCUT2D eigenvalue weighted by Gasteiger charge is -2.26. The van der Waals surface area contributed by atoms with Crippen molar-refractivity contribution in [1.82, 2.24) is 15.5 Å². The van der Waals surface area contributed by atoms with Gasteiger partial charge in [0.15, 0.2) is 18.1 Å². The fraction of sp³-hybridized carbons (Fsp3) is 0.360. The highest BCUT2D eigenvalue weighted by Crippen LogP contribution is 2.30. The van der Waals surface area contributed by atoms with Gasteiger partial charge in [-0.1, -0.05) is 30.3 Å². The molecule has 1 aliphatic heterocycles. The average Bonchev–Trinajstić information content (AvgIpc) is 2.91. The first-order chi connectivity index (χ1) is 17.4. The summed E-state index contributed by atoms with van der Waals surface area (Å²) in [5.41, 5.74) is 0.484. The van der Waals surface area contributed by atoms with Crippen molar-refractivity contribution < 1.29 is 38.1 Å². The summed E-state index contributed by atoms with van der Waals surface area (Å²) in [7, 11) is 1.36. The molecule has 1 saturated heterocycles. The topological polar surface area (TPSA) is 132 Å². The van der Waals surface area contributed by atoms with Crippen LogP contribution in [0.4, 0.5) is 4.79 Å². The molecule has 192 valence electrons. The van der Waals surface area contributed by atoms with Crippen LogP contribution in [0.25, 0.3) is 0 Å². The number of carbonyl (C=O) groups is 4. The first kappa shape index (κ1) is 26.5. The van der Waals surface area contributed by atoms with Crippen molar-refractivity contribution in [1.29, 1.82) is 0 Å². The van der Waals surface area contributed by atoms with Gasteiger partial charge in [0.05, 0.1) is 25.4 Å². The van der Waals surface area contributed by atoms with Crippen LogP contribution in [0.3, 0.4) is 0 Å². The van der Waals surface area contributed by atoms with Gasteiger partial charge in [0, 0.05) is 25.7 Å². The Balaban J connectivity index is 1.74. The van der Waals surface area contributed by atoms with Gasteiger partial charge in [0.2, 0.25) is 6.10 Å². The summed E-state index contributed by atoms with van der Waals surface area (Å²) in [6.45, 7) is 3.83. The van der Waals surface area contributed by atoms with Gasteiger partial charge in [0.1, 0.15) is 0 Å². The maximum atomic E-state index is 13.0. The van der Waals surface area contributed by atoms with E-state index in [1.807, 2.05) is 0 Å². The van der Waals surface area contributed by atoms with Gasteiger partial charge in [-0.2, -0.15) is 0 Å². The Morgan fingerprint density at radius 3 is 2.39 bits per heavy atom. The number of rotatable bonds is 9. The molecule has 2 aromatic carbocycles. The SMILES string of the molecule is CCOc1cc(C(=O)O[C@@H](C(=O)NC(=O)NC)c2ccccc2)ccc1OCC(=O)N1CCOCC1. The zero-order valence-corrected chi connectivity index (χ0v) is 20.2. The van der Waals surface area contributed by atoms with Crippen molar-refractivity contribution in [3.63, 3.8) is 0 Å². The second kappa shape index (κ2) is 13.1. The van der Waals surface area contributed by atoms with Crippen LogP contribution >= 0.6 is 0 Å². The molecular weight excluding hydrogens is 470 g/mol. The number of ether oxygens (including phenoxy) is 4. The Bertz CT molecular complexity index is 1070. The molecule has 0 unspecified atom stereocenters. The van der Waals surface area contributed by atoms with E-state index in [1.54, 1.807) is 42.2 Å². The van der Waals surface area contributed by atoms with Gasteiger partial charge in [-0.05, 0) is 25.1 Å². The van der Waals surface area contributed by atoms with Crippen LogP contribution in [0.15, 0.2) is 48.5 Å². The normalized spacial score (nSPS) is 13.8. The molecular formula is C25H29N3O8. The second-order valence-corrected chi connectivity index (χ2v) is 7.64. The summed E-state index contributed by atoms with van der Waals surface area (Å²) in [6, 6.07) is 11.9. The third-order valence-electron chi connectivity index (χ3n) is 5.22. The third kappa shape index (κ3) is 7.19. The van der Waals surface area contributed by atoms with E-state index in [9.17, 15) is 19.2 Å². The second-order valence-electron chi connectivity index (χ2n) is 7.64. The number of nitrogens with one attached hydrogen (secondary N) is 2. The van der Waals surface area contributed by atoms with Crippen LogP contribution < -0.4 is 20.1 Å². The third-order valence-corrected chi connectivity index (χ3v) is 5.22. The van der Waals surface area contributed by atoms with Crippen LogP contribution in [-0.2, 0) is 19.1 Å². The van der Waals surface area contributed by atoms with Gasteiger partial charge in [-0.3, -0.25) is 14.9 Å². The molecule has 1 aliphatic rings. The summed E-state index contributed by atoms with van der Waals surface area (Å²) in [4.78, 5) is 51.3. The van der Waals surface area contributed by atoms with E-state index in [0.29, 0.717) is 31.9 Å². The van der Waals surface area contributed by atoms with E-state index in [-0.39, 0.29) is 36.2 Å². The van der Waals surface area contributed by atoms with Gasteiger partial charge in [-0.25, -0.2) is 9.59 Å². The first-order valence-corrected chi connectivity index (χ1v) is 11.5. The number of hydrogen-bond acceptors (Lipinski definition) is 8. The van der Waals surface area contributed by atoms with Gasteiger partial charge in [-0.15, -0.1) is 0 Å². The predicted molar refractivity (Wildman–Crippen MR) is 128 cm³/mol. The first-order valence-electron chi connectivity index (χ1n) is 11.5. The molecule has 2 N–H and O–H groups in total. The Kier molecular flexibility index (Phi) is 9.64. The summed E-state index contributed by atoms with van der Waals surface area (Å²) in [5.74, 6) is -1.27. The van der Waals surface area contributed by atoms with Crippen molar-refractivity contribution in [2.24, 2.45) is 0 Å². The monoisotopic (exact) mass is 499 g/mol. The van der Waals surface area contributed by atoms with Gasteiger partial charge in [0.25, 0.3) is 11.8 Å². The van der Waals surface area contributed by atoms with Crippen LogP contribution in [0.1, 0.15) is 28.9 Å². The number of nitrogens with zero attached hydrogens (tertiary/aromatic N) is 1. The molecule has 0 radical (unpaired) electrons. The highest BCUT2D eigenvalue weighted by Gasteiger charge is 2.27. The van der Waals surface area contributed by atoms with E-state index in [0.717, 1.165) is 0 Å². The molecule has 2 aromatic rings. The molecule has 1 fully saturated rings. The lowest BCUT2D eigenvalue weighted by atomic mass is 10.1. The van der Waals surface area contributed by atoms with Crippen LogP contribution in [-0.4, -0.2) is 75.3 Å². The maximum Gasteiger partial charge on any atom is 0.339 e. The predicted octanol–water partition coefficient (Wildman–Crippen LogP) is 1.68. The molecule has 3 rings (SSSR count). The molecule has 0 aromatic heterocycles. The lowest BCUT2D eigenvalue weighted by Crippen LogP contribution is -2.43. The minimum Gasteiger partial charge on any atom is -0.490 e. The molecule has 11 heteroatoms. The molecule has 0 spiro atoms. The average molecular weight is 500 g/mol. The summed E-state index contributed by atoms with van der Waals surface area (Å²) < 4.78 is 22.0. The van der Waals surface area contributed by atoms with Crippen LogP contribution in [0, 0.1) is 0 Å². The lowest BCUT2D eigenvalue weighted by molar-refractivity contribution is -0.137. The minimum atomic E-state index is -1.37. The van der Waals surface area contributed by atoms with Crippen LogP contribution in [0.2, 0.25) is 0 Å². The van der Waals surface area contributed by atoms with Crippen molar-refractivity contribution in [2.75, 3.05) is 46.6 Å². The van der Waals surface area contributed by atoms with Crippen molar-refractivity contribution in [3.8, 4) is 11.5 Å². The number of imide groups is 1. The molecule has 0 bridgehead atoms. The molecule has 1 atom stereocenters. The molecule has 4 amide bonds. The van der Waals surface area contributed by atoms with Crippen molar-refractivity contribution >= 4 is 23.8 Å². The molecule has 0 aliphatic carbocycles. The minimum absolute atomic E-state index is 0.0963. The zero-order valence-electron chi connectivity index (χ0n) is 20.2. The van der Waals surface area contributed by atoms with E-state index < -0.39 is 24.0 Å². The quantitative estimate of drug-likeness (QED) is 0.498. The van der Waals surface area contributed by atoms with Crippen molar-refractivity contribution in [2.45, 2.75) is 13.0 Å². The Labute approximate surface area is 208 Å². The largest absolute Gasteiger partial charge is 0.490 e. The Morgan fingerprint density at radius 2 is 1.72 bits per heavy atom. The van der Waals surface area contributed by atoms with E-state index >= 15 is 0 Å².